The first-order valence-corrected chi connectivity index (χ1v) is 9.14. The zero-order valence-electron chi connectivity index (χ0n) is 14.0. The Bertz CT molecular complexity index is 795. The number of carbonyl (C=O) groups excluding carboxylic acids is 2. The van der Waals surface area contributed by atoms with Crippen LogP contribution in [-0.2, 0) is 12.8 Å². The van der Waals surface area contributed by atoms with Crippen LogP contribution in [0.15, 0.2) is 24.3 Å². The van der Waals surface area contributed by atoms with Crippen LogP contribution >= 0.6 is 11.3 Å². The maximum Gasteiger partial charge on any atom is 0.256 e. The molecule has 2 aromatic rings. The number of nitrogens with one attached hydrogen (secondary N) is 1. The molecule has 3 N–H and O–H groups in total. The minimum atomic E-state index is -0.456. The zero-order chi connectivity index (χ0) is 17.3. The number of aryl methyl sites for hydroxylation is 1. The monoisotopic (exact) mass is 342 g/mol. The van der Waals surface area contributed by atoms with Crippen molar-refractivity contribution < 1.29 is 9.59 Å². The summed E-state index contributed by atoms with van der Waals surface area (Å²) < 4.78 is 0. The van der Waals surface area contributed by atoms with Gasteiger partial charge in [0.2, 0.25) is 0 Å². The SMILES string of the molecule is CC[C@@H]1CCc2c(sc(NC(=O)c3ccccc3C)c2C(N)=O)C1. The van der Waals surface area contributed by atoms with Gasteiger partial charge in [0.1, 0.15) is 5.00 Å². The van der Waals surface area contributed by atoms with E-state index in [9.17, 15) is 9.59 Å². The second-order valence-electron chi connectivity index (χ2n) is 6.36. The Morgan fingerprint density at radius 1 is 1.33 bits per heavy atom. The molecule has 0 saturated heterocycles. The van der Waals surface area contributed by atoms with Gasteiger partial charge < -0.3 is 11.1 Å². The number of hydrogen-bond acceptors (Lipinski definition) is 3. The zero-order valence-corrected chi connectivity index (χ0v) is 14.8. The Hall–Kier alpha value is -2.14. The molecule has 0 spiro atoms. The average molecular weight is 342 g/mol. The lowest BCUT2D eigenvalue weighted by Crippen LogP contribution is -2.20. The number of fused-ring (bicyclic) bond motifs is 1. The van der Waals surface area contributed by atoms with Gasteiger partial charge in [0.05, 0.1) is 5.56 Å². The molecule has 1 aromatic carbocycles. The van der Waals surface area contributed by atoms with Crippen LogP contribution in [0.5, 0.6) is 0 Å². The predicted octanol–water partition coefficient (Wildman–Crippen LogP) is 3.92. The highest BCUT2D eigenvalue weighted by atomic mass is 32.1. The van der Waals surface area contributed by atoms with E-state index in [0.717, 1.165) is 36.8 Å². The standard InChI is InChI=1S/C19H22N2O2S/c1-3-12-8-9-14-15(10-12)24-19(16(14)17(20)22)21-18(23)13-7-5-4-6-11(13)2/h4-7,12H,3,8-10H2,1-2H3,(H2,20,22)(H,21,23)/t12-/m1/s1. The van der Waals surface area contributed by atoms with Crippen molar-refractivity contribution in [2.24, 2.45) is 11.7 Å². The fourth-order valence-electron chi connectivity index (χ4n) is 3.35. The van der Waals surface area contributed by atoms with Gasteiger partial charge in [-0.15, -0.1) is 11.3 Å². The van der Waals surface area contributed by atoms with Crippen molar-refractivity contribution in [1.29, 1.82) is 0 Å². The number of benzene rings is 1. The summed E-state index contributed by atoms with van der Waals surface area (Å²) in [5.74, 6) is 0.000524. The molecule has 24 heavy (non-hydrogen) atoms. The fourth-order valence-corrected chi connectivity index (χ4v) is 4.71. The highest BCUT2D eigenvalue weighted by molar-refractivity contribution is 7.17. The average Bonchev–Trinajstić information content (AvgIpc) is 2.91. The molecule has 5 heteroatoms. The van der Waals surface area contributed by atoms with Crippen molar-refractivity contribution in [3.05, 3.63) is 51.4 Å². The lowest BCUT2D eigenvalue weighted by molar-refractivity contribution is 0.1000. The van der Waals surface area contributed by atoms with Gasteiger partial charge in [0.25, 0.3) is 11.8 Å². The quantitative estimate of drug-likeness (QED) is 0.884. The molecule has 0 saturated carbocycles. The summed E-state index contributed by atoms with van der Waals surface area (Å²) in [6, 6.07) is 7.42. The van der Waals surface area contributed by atoms with E-state index >= 15 is 0 Å². The smallest absolute Gasteiger partial charge is 0.256 e. The summed E-state index contributed by atoms with van der Waals surface area (Å²) in [6.45, 7) is 4.09. The van der Waals surface area contributed by atoms with Crippen LogP contribution < -0.4 is 11.1 Å². The molecule has 126 valence electrons. The first-order valence-electron chi connectivity index (χ1n) is 8.32. The summed E-state index contributed by atoms with van der Waals surface area (Å²) in [7, 11) is 0. The van der Waals surface area contributed by atoms with Crippen molar-refractivity contribution in [2.45, 2.75) is 39.5 Å². The summed E-state index contributed by atoms with van der Waals surface area (Å²) in [6.07, 6.45) is 4.04. The number of thiophene rings is 1. The minimum Gasteiger partial charge on any atom is -0.365 e. The molecule has 1 atom stereocenters. The second kappa shape index (κ2) is 6.77. The van der Waals surface area contributed by atoms with E-state index < -0.39 is 5.91 Å². The topological polar surface area (TPSA) is 72.2 Å². The number of anilines is 1. The maximum absolute atomic E-state index is 12.6. The van der Waals surface area contributed by atoms with Gasteiger partial charge in [-0.1, -0.05) is 31.5 Å². The molecule has 0 radical (unpaired) electrons. The number of amides is 2. The Balaban J connectivity index is 1.94. The molecular weight excluding hydrogens is 320 g/mol. The molecule has 0 bridgehead atoms. The molecule has 2 amide bonds. The van der Waals surface area contributed by atoms with Gasteiger partial charge in [-0.25, -0.2) is 0 Å². The molecular formula is C19H22N2O2S. The number of nitrogens with two attached hydrogens (primary N) is 1. The lowest BCUT2D eigenvalue weighted by Gasteiger charge is -2.20. The van der Waals surface area contributed by atoms with Crippen LogP contribution in [-0.4, -0.2) is 11.8 Å². The van der Waals surface area contributed by atoms with Crippen LogP contribution in [0.25, 0.3) is 0 Å². The van der Waals surface area contributed by atoms with Crippen molar-refractivity contribution in [3.8, 4) is 0 Å². The van der Waals surface area contributed by atoms with Crippen LogP contribution in [0.4, 0.5) is 5.00 Å². The van der Waals surface area contributed by atoms with Crippen LogP contribution in [0.1, 0.15) is 56.5 Å². The second-order valence-corrected chi connectivity index (χ2v) is 7.46. The van der Waals surface area contributed by atoms with Crippen LogP contribution in [0.2, 0.25) is 0 Å². The molecule has 1 aromatic heterocycles. The van der Waals surface area contributed by atoms with E-state index in [0.29, 0.717) is 22.0 Å². The summed E-state index contributed by atoms with van der Waals surface area (Å²) in [4.78, 5) is 25.8. The number of primary amides is 1. The molecule has 4 nitrogen and oxygen atoms in total. The summed E-state index contributed by atoms with van der Waals surface area (Å²) in [5.41, 5.74) is 8.68. The molecule has 0 unspecified atom stereocenters. The molecule has 0 fully saturated rings. The third-order valence-corrected chi connectivity index (χ3v) is 5.98. The van der Waals surface area contributed by atoms with E-state index in [1.54, 1.807) is 6.07 Å². The minimum absolute atomic E-state index is 0.193. The first kappa shape index (κ1) is 16.7. The van der Waals surface area contributed by atoms with Gasteiger partial charge >= 0.3 is 0 Å². The Morgan fingerprint density at radius 3 is 2.75 bits per heavy atom. The fraction of sp³-hybridized carbons (Fsp3) is 0.368. The van der Waals surface area contributed by atoms with Crippen molar-refractivity contribution in [3.63, 3.8) is 0 Å². The summed E-state index contributed by atoms with van der Waals surface area (Å²) >= 11 is 1.51. The van der Waals surface area contributed by atoms with E-state index in [-0.39, 0.29) is 5.91 Å². The van der Waals surface area contributed by atoms with Crippen molar-refractivity contribution >= 4 is 28.2 Å². The lowest BCUT2D eigenvalue weighted by atomic mass is 9.85. The molecule has 3 rings (SSSR count). The molecule has 1 heterocycles. The molecule has 1 aliphatic rings. The Kier molecular flexibility index (Phi) is 4.71. The Labute approximate surface area is 146 Å². The van der Waals surface area contributed by atoms with Crippen LogP contribution in [0, 0.1) is 12.8 Å². The largest absolute Gasteiger partial charge is 0.365 e. The van der Waals surface area contributed by atoms with E-state index in [2.05, 4.69) is 12.2 Å². The highest BCUT2D eigenvalue weighted by Gasteiger charge is 2.28. The number of rotatable bonds is 4. The van der Waals surface area contributed by atoms with E-state index in [1.807, 2.05) is 25.1 Å². The predicted molar refractivity (Wildman–Crippen MR) is 97.8 cm³/mol. The van der Waals surface area contributed by atoms with Crippen molar-refractivity contribution in [1.82, 2.24) is 0 Å². The van der Waals surface area contributed by atoms with Crippen LogP contribution in [0.3, 0.4) is 0 Å². The number of carbonyl (C=O) groups is 2. The van der Waals surface area contributed by atoms with E-state index in [1.165, 1.54) is 16.2 Å². The third-order valence-electron chi connectivity index (χ3n) is 4.81. The van der Waals surface area contributed by atoms with Gasteiger partial charge in [-0.3, -0.25) is 9.59 Å². The normalized spacial score (nSPS) is 16.5. The molecule has 0 aliphatic heterocycles. The number of hydrogen-bond donors (Lipinski definition) is 2. The van der Waals surface area contributed by atoms with Gasteiger partial charge in [-0.2, -0.15) is 0 Å². The third kappa shape index (κ3) is 3.08. The van der Waals surface area contributed by atoms with Gasteiger partial charge in [0.15, 0.2) is 0 Å². The highest BCUT2D eigenvalue weighted by Crippen LogP contribution is 2.40. The maximum atomic E-state index is 12.6. The molecule has 1 aliphatic carbocycles. The van der Waals surface area contributed by atoms with Gasteiger partial charge in [-0.05, 0) is 49.3 Å². The van der Waals surface area contributed by atoms with Gasteiger partial charge in [0, 0.05) is 10.4 Å². The first-order chi connectivity index (χ1) is 11.5. The summed E-state index contributed by atoms with van der Waals surface area (Å²) in [5, 5.41) is 3.51. The van der Waals surface area contributed by atoms with Crippen molar-refractivity contribution in [2.75, 3.05) is 5.32 Å². The van der Waals surface area contributed by atoms with E-state index in [4.69, 9.17) is 5.73 Å². The Morgan fingerprint density at radius 2 is 2.08 bits per heavy atom.